The molecule has 1 rings (SSSR count). The monoisotopic (exact) mass is 215 g/mol. The summed E-state index contributed by atoms with van der Waals surface area (Å²) < 4.78 is 5.47. The number of rotatable bonds is 8. The Labute approximate surface area is 91.2 Å². The van der Waals surface area contributed by atoms with Crippen LogP contribution < -0.4 is 0 Å². The predicted molar refractivity (Wildman–Crippen MR) is 57.9 cm³/mol. The highest BCUT2D eigenvalue weighted by Gasteiger charge is 2.22. The number of carbonyl (C=O) groups is 1. The molecule has 1 unspecified atom stereocenters. The van der Waals surface area contributed by atoms with Crippen molar-refractivity contribution in [3.05, 3.63) is 0 Å². The van der Waals surface area contributed by atoms with Crippen LogP contribution in [0.3, 0.4) is 0 Å². The van der Waals surface area contributed by atoms with Gasteiger partial charge in [-0.05, 0) is 32.2 Å². The second-order valence-corrected chi connectivity index (χ2v) is 4.26. The third-order valence-electron chi connectivity index (χ3n) is 2.84. The lowest BCUT2D eigenvalue weighted by Crippen LogP contribution is -2.39. The molecule has 1 atom stereocenters. The van der Waals surface area contributed by atoms with Crippen LogP contribution >= 0.6 is 0 Å². The Kier molecular flexibility index (Phi) is 5.05. The fourth-order valence-electron chi connectivity index (χ4n) is 1.57. The van der Waals surface area contributed by atoms with Crippen molar-refractivity contribution in [1.82, 2.24) is 4.90 Å². The van der Waals surface area contributed by atoms with Gasteiger partial charge in [-0.3, -0.25) is 9.69 Å². The van der Waals surface area contributed by atoms with E-state index in [4.69, 9.17) is 9.84 Å². The molecular formula is C11H21NO3. The van der Waals surface area contributed by atoms with Gasteiger partial charge in [-0.1, -0.05) is 6.92 Å². The van der Waals surface area contributed by atoms with Crippen molar-refractivity contribution in [3.63, 3.8) is 0 Å². The van der Waals surface area contributed by atoms with Gasteiger partial charge in [-0.2, -0.15) is 0 Å². The van der Waals surface area contributed by atoms with Crippen molar-refractivity contribution in [2.24, 2.45) is 5.92 Å². The molecule has 0 saturated heterocycles. The summed E-state index contributed by atoms with van der Waals surface area (Å²) in [4.78, 5) is 12.7. The van der Waals surface area contributed by atoms with Crippen molar-refractivity contribution in [2.75, 3.05) is 26.8 Å². The summed E-state index contributed by atoms with van der Waals surface area (Å²) in [5, 5.41) is 8.92. The van der Waals surface area contributed by atoms with Crippen molar-refractivity contribution in [2.45, 2.75) is 32.2 Å². The van der Waals surface area contributed by atoms with Crippen molar-refractivity contribution < 1.29 is 14.6 Å². The molecule has 0 radical (unpaired) electrons. The Morgan fingerprint density at radius 3 is 2.73 bits per heavy atom. The minimum atomic E-state index is -0.748. The molecule has 4 heteroatoms. The van der Waals surface area contributed by atoms with Gasteiger partial charge < -0.3 is 9.84 Å². The third-order valence-corrected chi connectivity index (χ3v) is 2.84. The first kappa shape index (κ1) is 12.5. The molecule has 1 aliphatic carbocycles. The Balaban J connectivity index is 2.09. The minimum absolute atomic E-state index is 0.380. The van der Waals surface area contributed by atoms with Gasteiger partial charge in [-0.15, -0.1) is 0 Å². The van der Waals surface area contributed by atoms with Crippen LogP contribution in [0.1, 0.15) is 26.2 Å². The molecule has 0 aromatic carbocycles. The first-order valence-electron chi connectivity index (χ1n) is 5.66. The van der Waals surface area contributed by atoms with Crippen LogP contribution in [-0.2, 0) is 9.53 Å². The van der Waals surface area contributed by atoms with E-state index in [1.807, 2.05) is 18.9 Å². The Hall–Kier alpha value is -0.610. The van der Waals surface area contributed by atoms with Gasteiger partial charge in [0.1, 0.15) is 6.04 Å². The molecule has 88 valence electrons. The highest BCUT2D eigenvalue weighted by Crippen LogP contribution is 2.28. The molecule has 15 heavy (non-hydrogen) atoms. The van der Waals surface area contributed by atoms with Gasteiger partial charge in [0.25, 0.3) is 0 Å². The molecule has 1 fully saturated rings. The summed E-state index contributed by atoms with van der Waals surface area (Å²) in [7, 11) is 1.84. The van der Waals surface area contributed by atoms with Crippen molar-refractivity contribution >= 4 is 5.97 Å². The zero-order chi connectivity index (χ0) is 11.3. The van der Waals surface area contributed by atoms with Gasteiger partial charge in [-0.25, -0.2) is 0 Å². The quantitative estimate of drug-likeness (QED) is 0.618. The van der Waals surface area contributed by atoms with E-state index < -0.39 is 5.97 Å². The summed E-state index contributed by atoms with van der Waals surface area (Å²) in [6.07, 6.45) is 3.22. The average molecular weight is 215 g/mol. The zero-order valence-corrected chi connectivity index (χ0v) is 9.61. The minimum Gasteiger partial charge on any atom is -0.480 e. The van der Waals surface area contributed by atoms with Crippen LogP contribution in [0.25, 0.3) is 0 Å². The van der Waals surface area contributed by atoms with Crippen LogP contribution in [-0.4, -0.2) is 48.8 Å². The molecule has 4 nitrogen and oxygen atoms in total. The SMILES string of the molecule is CCC(C(=O)O)N(C)CCOCC1CC1. The van der Waals surface area contributed by atoms with Crippen LogP contribution in [0.15, 0.2) is 0 Å². The highest BCUT2D eigenvalue weighted by atomic mass is 16.5. The van der Waals surface area contributed by atoms with Gasteiger partial charge >= 0.3 is 5.97 Å². The van der Waals surface area contributed by atoms with E-state index in [-0.39, 0.29) is 6.04 Å². The van der Waals surface area contributed by atoms with Crippen LogP contribution in [0.5, 0.6) is 0 Å². The van der Waals surface area contributed by atoms with Gasteiger partial charge in [0.15, 0.2) is 0 Å². The average Bonchev–Trinajstić information content (AvgIpc) is 2.96. The summed E-state index contributed by atoms with van der Waals surface area (Å²) >= 11 is 0. The first-order valence-corrected chi connectivity index (χ1v) is 5.66. The summed E-state index contributed by atoms with van der Waals surface area (Å²) in [5.74, 6) is 0.0268. The summed E-state index contributed by atoms with van der Waals surface area (Å²) in [6.45, 7) is 4.06. The first-order chi connectivity index (χ1) is 7.15. The smallest absolute Gasteiger partial charge is 0.320 e. The van der Waals surface area contributed by atoms with E-state index >= 15 is 0 Å². The summed E-state index contributed by atoms with van der Waals surface area (Å²) in [5.41, 5.74) is 0. The molecule has 0 spiro atoms. The fourth-order valence-corrected chi connectivity index (χ4v) is 1.57. The predicted octanol–water partition coefficient (Wildman–Crippen LogP) is 1.21. The number of likely N-dealkylation sites (N-methyl/N-ethyl adjacent to an activating group) is 1. The highest BCUT2D eigenvalue weighted by molar-refractivity contribution is 5.73. The maximum Gasteiger partial charge on any atom is 0.320 e. The zero-order valence-electron chi connectivity index (χ0n) is 9.61. The van der Waals surface area contributed by atoms with E-state index in [1.54, 1.807) is 0 Å². The van der Waals surface area contributed by atoms with Crippen molar-refractivity contribution in [3.8, 4) is 0 Å². The molecule has 1 aliphatic rings. The second kappa shape index (κ2) is 6.08. The molecule has 0 aromatic heterocycles. The van der Waals surface area contributed by atoms with Crippen LogP contribution in [0.2, 0.25) is 0 Å². The van der Waals surface area contributed by atoms with E-state index in [0.717, 1.165) is 12.5 Å². The third kappa shape index (κ3) is 4.62. The Morgan fingerprint density at radius 1 is 1.60 bits per heavy atom. The fraction of sp³-hybridized carbons (Fsp3) is 0.909. The van der Waals surface area contributed by atoms with Gasteiger partial charge in [0.2, 0.25) is 0 Å². The molecule has 0 aromatic rings. The maximum atomic E-state index is 10.8. The van der Waals surface area contributed by atoms with E-state index in [9.17, 15) is 4.79 Å². The normalized spacial score (nSPS) is 18.1. The number of hydrogen-bond acceptors (Lipinski definition) is 3. The molecule has 0 amide bonds. The number of carboxylic acid groups (broad SMARTS) is 1. The second-order valence-electron chi connectivity index (χ2n) is 4.26. The number of aliphatic carboxylic acids is 1. The van der Waals surface area contributed by atoms with Crippen LogP contribution in [0.4, 0.5) is 0 Å². The van der Waals surface area contributed by atoms with E-state index in [1.165, 1.54) is 12.8 Å². The van der Waals surface area contributed by atoms with E-state index in [2.05, 4.69) is 0 Å². The van der Waals surface area contributed by atoms with Crippen LogP contribution in [0, 0.1) is 5.92 Å². The largest absolute Gasteiger partial charge is 0.480 e. The standard InChI is InChI=1S/C11H21NO3/c1-3-10(11(13)14)12(2)6-7-15-8-9-4-5-9/h9-10H,3-8H2,1-2H3,(H,13,14). The number of carboxylic acids is 1. The molecule has 0 heterocycles. The molecule has 0 aliphatic heterocycles. The lowest BCUT2D eigenvalue weighted by Gasteiger charge is -2.23. The lowest BCUT2D eigenvalue weighted by molar-refractivity contribution is -0.143. The molecule has 1 N–H and O–H groups in total. The van der Waals surface area contributed by atoms with Crippen molar-refractivity contribution in [1.29, 1.82) is 0 Å². The van der Waals surface area contributed by atoms with Gasteiger partial charge in [0, 0.05) is 13.2 Å². The topological polar surface area (TPSA) is 49.8 Å². The Bertz CT molecular complexity index is 204. The van der Waals surface area contributed by atoms with E-state index in [0.29, 0.717) is 19.6 Å². The number of nitrogens with zero attached hydrogens (tertiary/aromatic N) is 1. The van der Waals surface area contributed by atoms with Gasteiger partial charge in [0.05, 0.1) is 6.61 Å². The Morgan fingerprint density at radius 2 is 2.27 bits per heavy atom. The molecule has 0 bridgehead atoms. The lowest BCUT2D eigenvalue weighted by atomic mass is 10.2. The summed E-state index contributed by atoms with van der Waals surface area (Å²) in [6, 6.07) is -0.380. The molecular weight excluding hydrogens is 194 g/mol. The number of ether oxygens (including phenoxy) is 1. The maximum absolute atomic E-state index is 10.8. The number of hydrogen-bond donors (Lipinski definition) is 1. The molecule has 1 saturated carbocycles.